The molecule has 2 aliphatic rings. The first-order valence-electron chi connectivity index (χ1n) is 6.48. The summed E-state index contributed by atoms with van der Waals surface area (Å²) in [6.45, 7) is 1.92. The van der Waals surface area contributed by atoms with Gasteiger partial charge in [0.25, 0.3) is 0 Å². The van der Waals surface area contributed by atoms with Gasteiger partial charge in [0.15, 0.2) is 0 Å². The molecule has 104 valence electrons. The molecule has 19 heavy (non-hydrogen) atoms. The van der Waals surface area contributed by atoms with Crippen LogP contribution in [0.1, 0.15) is 24.8 Å². The summed E-state index contributed by atoms with van der Waals surface area (Å²) in [5, 5.41) is 6.46. The van der Waals surface area contributed by atoms with Crippen molar-refractivity contribution in [3.05, 3.63) is 34.3 Å². The molecule has 2 fully saturated rings. The summed E-state index contributed by atoms with van der Waals surface area (Å²) in [5.74, 6) is 0.207. The summed E-state index contributed by atoms with van der Waals surface area (Å²) in [6.07, 6.45) is 2.99. The molecule has 5 heteroatoms. The highest BCUT2D eigenvalue weighted by molar-refractivity contribution is 9.10. The van der Waals surface area contributed by atoms with Crippen LogP contribution < -0.4 is 10.6 Å². The van der Waals surface area contributed by atoms with Crippen LogP contribution in [0.5, 0.6) is 0 Å². The van der Waals surface area contributed by atoms with Gasteiger partial charge in [-0.15, -0.1) is 12.4 Å². The Morgan fingerprint density at radius 2 is 2.00 bits per heavy atom. The van der Waals surface area contributed by atoms with Crippen LogP contribution in [0.25, 0.3) is 0 Å². The van der Waals surface area contributed by atoms with Crippen molar-refractivity contribution in [3.8, 4) is 0 Å². The smallest absolute Gasteiger partial charge is 0.230 e. The van der Waals surface area contributed by atoms with Crippen molar-refractivity contribution in [1.82, 2.24) is 10.6 Å². The van der Waals surface area contributed by atoms with Crippen LogP contribution in [0.3, 0.4) is 0 Å². The van der Waals surface area contributed by atoms with Crippen LogP contribution in [-0.4, -0.2) is 25.0 Å². The molecule has 1 heterocycles. The molecule has 1 unspecified atom stereocenters. The van der Waals surface area contributed by atoms with Crippen LogP contribution in [0.15, 0.2) is 28.7 Å². The van der Waals surface area contributed by atoms with E-state index in [1.165, 1.54) is 0 Å². The maximum Gasteiger partial charge on any atom is 0.230 e. The minimum Gasteiger partial charge on any atom is -0.351 e. The molecule has 1 aromatic carbocycles. The summed E-state index contributed by atoms with van der Waals surface area (Å²) in [7, 11) is 0. The Morgan fingerprint density at radius 3 is 2.53 bits per heavy atom. The molecule has 1 saturated heterocycles. The number of amides is 1. The Balaban J connectivity index is 0.00000133. The fraction of sp³-hybridized carbons (Fsp3) is 0.500. The second-order valence-corrected chi connectivity index (χ2v) is 6.17. The molecule has 0 bridgehead atoms. The zero-order chi connectivity index (χ0) is 12.6. The van der Waals surface area contributed by atoms with E-state index in [0.29, 0.717) is 6.04 Å². The van der Waals surface area contributed by atoms with E-state index in [9.17, 15) is 4.79 Å². The standard InChI is InChI=1S/C14H17BrN2O.ClH/c15-11-3-1-10(2-4-11)14(6-7-14)13(18)17-12-5-8-16-9-12;/h1-4,12,16H,5-9H2,(H,17,18);1H. The van der Waals surface area contributed by atoms with Crippen molar-refractivity contribution < 1.29 is 4.79 Å². The van der Waals surface area contributed by atoms with Gasteiger partial charge in [-0.05, 0) is 43.5 Å². The third kappa shape index (κ3) is 2.96. The number of halogens is 2. The van der Waals surface area contributed by atoms with Gasteiger partial charge in [0.1, 0.15) is 0 Å². The lowest BCUT2D eigenvalue weighted by Gasteiger charge is -2.19. The highest BCUT2D eigenvalue weighted by atomic mass is 79.9. The van der Waals surface area contributed by atoms with E-state index in [1.807, 2.05) is 12.1 Å². The number of hydrogen-bond donors (Lipinski definition) is 2. The first-order valence-corrected chi connectivity index (χ1v) is 7.28. The lowest BCUT2D eigenvalue weighted by molar-refractivity contribution is -0.124. The summed E-state index contributed by atoms with van der Waals surface area (Å²) in [5.41, 5.74) is 0.901. The Morgan fingerprint density at radius 1 is 1.32 bits per heavy atom. The third-order valence-electron chi connectivity index (χ3n) is 3.98. The Bertz CT molecular complexity index is 453. The van der Waals surface area contributed by atoms with Crippen LogP contribution in [-0.2, 0) is 10.2 Å². The molecule has 0 spiro atoms. The van der Waals surface area contributed by atoms with Gasteiger partial charge in [0.05, 0.1) is 5.41 Å². The second-order valence-electron chi connectivity index (χ2n) is 5.25. The monoisotopic (exact) mass is 344 g/mol. The lowest BCUT2D eigenvalue weighted by atomic mass is 9.94. The Labute approximate surface area is 128 Å². The van der Waals surface area contributed by atoms with Gasteiger partial charge in [-0.2, -0.15) is 0 Å². The van der Waals surface area contributed by atoms with Crippen molar-refractivity contribution in [2.75, 3.05) is 13.1 Å². The van der Waals surface area contributed by atoms with E-state index in [0.717, 1.165) is 42.4 Å². The Kier molecular flexibility index (Phi) is 4.54. The average molecular weight is 346 g/mol. The number of carbonyl (C=O) groups excluding carboxylic acids is 1. The number of benzene rings is 1. The normalized spacial score (nSPS) is 23.5. The largest absolute Gasteiger partial charge is 0.351 e. The summed E-state index contributed by atoms with van der Waals surface area (Å²) >= 11 is 3.43. The third-order valence-corrected chi connectivity index (χ3v) is 4.51. The molecule has 1 aliphatic carbocycles. The maximum absolute atomic E-state index is 12.4. The summed E-state index contributed by atoms with van der Waals surface area (Å²) < 4.78 is 1.06. The van der Waals surface area contributed by atoms with Crippen molar-refractivity contribution >= 4 is 34.2 Å². The van der Waals surface area contributed by atoms with Crippen LogP contribution >= 0.6 is 28.3 Å². The number of rotatable bonds is 3. The van der Waals surface area contributed by atoms with Crippen LogP contribution in [0.2, 0.25) is 0 Å². The first kappa shape index (κ1) is 14.8. The SMILES string of the molecule is Cl.O=C(NC1CCNC1)C1(c2ccc(Br)cc2)CC1. The van der Waals surface area contributed by atoms with E-state index in [2.05, 4.69) is 38.7 Å². The molecule has 1 aromatic rings. The van der Waals surface area contributed by atoms with Crippen molar-refractivity contribution in [3.63, 3.8) is 0 Å². The highest BCUT2D eigenvalue weighted by Gasteiger charge is 2.51. The topological polar surface area (TPSA) is 41.1 Å². The number of carbonyl (C=O) groups is 1. The predicted molar refractivity (Wildman–Crippen MR) is 81.7 cm³/mol. The minimum absolute atomic E-state index is 0. The fourth-order valence-corrected chi connectivity index (χ4v) is 2.91. The van der Waals surface area contributed by atoms with Gasteiger partial charge in [-0.3, -0.25) is 4.79 Å². The molecular formula is C14H18BrClN2O. The molecule has 3 rings (SSSR count). The van der Waals surface area contributed by atoms with Gasteiger partial charge in [0.2, 0.25) is 5.91 Å². The molecule has 1 aliphatic heterocycles. The maximum atomic E-state index is 12.4. The van der Waals surface area contributed by atoms with E-state index >= 15 is 0 Å². The first-order chi connectivity index (χ1) is 8.71. The molecular weight excluding hydrogens is 328 g/mol. The fourth-order valence-electron chi connectivity index (χ4n) is 2.64. The minimum atomic E-state index is -0.247. The zero-order valence-corrected chi connectivity index (χ0v) is 13.0. The summed E-state index contributed by atoms with van der Waals surface area (Å²) in [6, 6.07) is 8.46. The van der Waals surface area contributed by atoms with Gasteiger partial charge in [-0.1, -0.05) is 28.1 Å². The number of hydrogen-bond acceptors (Lipinski definition) is 2. The molecule has 2 N–H and O–H groups in total. The Hall–Kier alpha value is -0.580. The van der Waals surface area contributed by atoms with Gasteiger partial charge in [0, 0.05) is 17.1 Å². The van der Waals surface area contributed by atoms with E-state index in [4.69, 9.17) is 0 Å². The van der Waals surface area contributed by atoms with Crippen molar-refractivity contribution in [1.29, 1.82) is 0 Å². The van der Waals surface area contributed by atoms with E-state index in [1.54, 1.807) is 0 Å². The molecule has 1 saturated carbocycles. The van der Waals surface area contributed by atoms with Crippen LogP contribution in [0.4, 0.5) is 0 Å². The molecule has 3 nitrogen and oxygen atoms in total. The summed E-state index contributed by atoms with van der Waals surface area (Å²) in [4.78, 5) is 12.4. The van der Waals surface area contributed by atoms with Crippen molar-refractivity contribution in [2.45, 2.75) is 30.7 Å². The van der Waals surface area contributed by atoms with Gasteiger partial charge < -0.3 is 10.6 Å². The predicted octanol–water partition coefficient (Wildman–Crippen LogP) is 2.38. The zero-order valence-electron chi connectivity index (χ0n) is 10.6. The molecule has 1 atom stereocenters. The van der Waals surface area contributed by atoms with Crippen molar-refractivity contribution in [2.24, 2.45) is 0 Å². The van der Waals surface area contributed by atoms with Crippen LogP contribution in [0, 0.1) is 0 Å². The molecule has 0 aromatic heterocycles. The second kappa shape index (κ2) is 5.81. The van der Waals surface area contributed by atoms with Gasteiger partial charge in [-0.25, -0.2) is 0 Å². The lowest BCUT2D eigenvalue weighted by Crippen LogP contribution is -2.42. The number of nitrogens with one attached hydrogen (secondary N) is 2. The van der Waals surface area contributed by atoms with E-state index in [-0.39, 0.29) is 23.7 Å². The van der Waals surface area contributed by atoms with Gasteiger partial charge >= 0.3 is 0 Å². The molecule has 1 amide bonds. The quantitative estimate of drug-likeness (QED) is 0.883. The average Bonchev–Trinajstić information content (AvgIpc) is 3.03. The highest BCUT2D eigenvalue weighted by Crippen LogP contribution is 2.48. The molecule has 0 radical (unpaired) electrons. The van der Waals surface area contributed by atoms with E-state index < -0.39 is 0 Å².